The first-order chi connectivity index (χ1) is 9.11. The number of amides is 1. The number of alkyl halides is 1. The molecule has 1 heterocycles. The van der Waals surface area contributed by atoms with Crippen LogP contribution in [0.2, 0.25) is 0 Å². The van der Waals surface area contributed by atoms with Crippen LogP contribution in [-0.4, -0.2) is 18.3 Å². The number of nitrogens with one attached hydrogen (secondary N) is 1. The second kappa shape index (κ2) is 6.76. The van der Waals surface area contributed by atoms with Crippen molar-refractivity contribution in [1.29, 1.82) is 0 Å². The smallest absolute Gasteiger partial charge is 0.261 e. The van der Waals surface area contributed by atoms with E-state index in [1.807, 2.05) is 13.0 Å². The van der Waals surface area contributed by atoms with Crippen LogP contribution in [0.5, 0.6) is 0 Å². The van der Waals surface area contributed by atoms with Crippen LogP contribution >= 0.6 is 22.9 Å². The molecule has 1 fully saturated rings. The molecule has 1 aliphatic rings. The summed E-state index contributed by atoms with van der Waals surface area (Å²) in [7, 11) is 0. The summed E-state index contributed by atoms with van der Waals surface area (Å²) < 4.78 is 0. The zero-order chi connectivity index (χ0) is 13.8. The van der Waals surface area contributed by atoms with Crippen molar-refractivity contribution >= 4 is 28.8 Å². The average Bonchev–Trinajstić information content (AvgIpc) is 2.76. The molecule has 0 bridgehead atoms. The van der Waals surface area contributed by atoms with E-state index in [1.54, 1.807) is 11.3 Å². The van der Waals surface area contributed by atoms with Gasteiger partial charge in [-0.2, -0.15) is 0 Å². The number of halogens is 1. The van der Waals surface area contributed by atoms with Crippen LogP contribution in [0.15, 0.2) is 6.07 Å². The predicted octanol–water partition coefficient (Wildman–Crippen LogP) is 4.14. The van der Waals surface area contributed by atoms with E-state index >= 15 is 0 Å². The lowest BCUT2D eigenvalue weighted by atomic mass is 9.80. The Morgan fingerprint density at radius 1 is 1.37 bits per heavy atom. The van der Waals surface area contributed by atoms with Crippen molar-refractivity contribution in [3.05, 3.63) is 21.4 Å². The van der Waals surface area contributed by atoms with Crippen LogP contribution in [0.25, 0.3) is 0 Å². The molecule has 4 heteroatoms. The number of hydrogen-bond acceptors (Lipinski definition) is 2. The predicted molar refractivity (Wildman–Crippen MR) is 82.3 cm³/mol. The third kappa shape index (κ3) is 3.73. The standard InChI is InChI=1S/C15H22ClNOS/c1-10-7-14(19-11(10)2)15(18)17-9-13-6-4-3-5-12(13)8-16/h7,12-13H,3-6,8-9H2,1-2H3,(H,17,18). The first kappa shape index (κ1) is 14.9. The number of carbonyl (C=O) groups is 1. The highest BCUT2D eigenvalue weighted by Gasteiger charge is 2.24. The van der Waals surface area contributed by atoms with Gasteiger partial charge in [0.05, 0.1) is 4.88 Å². The Morgan fingerprint density at radius 2 is 2.05 bits per heavy atom. The van der Waals surface area contributed by atoms with Crippen LogP contribution in [0.4, 0.5) is 0 Å². The highest BCUT2D eigenvalue weighted by molar-refractivity contribution is 7.14. The third-order valence-corrected chi connectivity index (χ3v) is 5.73. The zero-order valence-corrected chi connectivity index (χ0v) is 13.2. The zero-order valence-electron chi connectivity index (χ0n) is 11.7. The summed E-state index contributed by atoms with van der Waals surface area (Å²) in [5, 5.41) is 3.09. The number of hydrogen-bond donors (Lipinski definition) is 1. The molecule has 2 atom stereocenters. The van der Waals surface area contributed by atoms with Gasteiger partial charge < -0.3 is 5.32 Å². The van der Waals surface area contributed by atoms with E-state index in [0.29, 0.717) is 11.8 Å². The van der Waals surface area contributed by atoms with E-state index in [4.69, 9.17) is 11.6 Å². The topological polar surface area (TPSA) is 29.1 Å². The molecule has 2 nitrogen and oxygen atoms in total. The Labute approximate surface area is 124 Å². The Morgan fingerprint density at radius 3 is 2.63 bits per heavy atom. The van der Waals surface area contributed by atoms with E-state index in [1.165, 1.54) is 36.1 Å². The summed E-state index contributed by atoms with van der Waals surface area (Å²) in [5.41, 5.74) is 1.20. The number of carbonyl (C=O) groups excluding carboxylic acids is 1. The molecule has 19 heavy (non-hydrogen) atoms. The van der Waals surface area contributed by atoms with E-state index in [0.717, 1.165) is 17.3 Å². The fraction of sp³-hybridized carbons (Fsp3) is 0.667. The fourth-order valence-corrected chi connectivity index (χ4v) is 4.11. The largest absolute Gasteiger partial charge is 0.351 e. The molecular weight excluding hydrogens is 278 g/mol. The van der Waals surface area contributed by atoms with Crippen molar-refractivity contribution in [1.82, 2.24) is 5.32 Å². The molecule has 106 valence electrons. The summed E-state index contributed by atoms with van der Waals surface area (Å²) in [6, 6.07) is 1.98. The molecule has 0 aromatic carbocycles. The third-order valence-electron chi connectivity index (χ3n) is 4.18. The monoisotopic (exact) mass is 299 g/mol. The molecule has 1 aliphatic carbocycles. The molecule has 0 saturated heterocycles. The van der Waals surface area contributed by atoms with Gasteiger partial charge in [0, 0.05) is 17.3 Å². The van der Waals surface area contributed by atoms with Crippen LogP contribution in [0.3, 0.4) is 0 Å². The van der Waals surface area contributed by atoms with Crippen molar-refractivity contribution < 1.29 is 4.79 Å². The van der Waals surface area contributed by atoms with Crippen LogP contribution in [0, 0.1) is 25.7 Å². The summed E-state index contributed by atoms with van der Waals surface area (Å²) >= 11 is 7.60. The first-order valence-corrected chi connectivity index (χ1v) is 8.38. The van der Waals surface area contributed by atoms with Crippen LogP contribution < -0.4 is 5.32 Å². The van der Waals surface area contributed by atoms with Gasteiger partial charge in [-0.15, -0.1) is 22.9 Å². The minimum Gasteiger partial charge on any atom is -0.351 e. The quantitative estimate of drug-likeness (QED) is 0.832. The molecule has 1 aromatic rings. The summed E-state index contributed by atoms with van der Waals surface area (Å²) in [4.78, 5) is 14.2. The van der Waals surface area contributed by atoms with Crippen molar-refractivity contribution in [3.8, 4) is 0 Å². The molecule has 2 rings (SSSR count). The Balaban J connectivity index is 1.89. The van der Waals surface area contributed by atoms with Gasteiger partial charge in [0.15, 0.2) is 0 Å². The second-order valence-corrected chi connectivity index (χ2v) is 7.08. The molecule has 0 spiro atoms. The highest BCUT2D eigenvalue weighted by Crippen LogP contribution is 2.30. The summed E-state index contributed by atoms with van der Waals surface area (Å²) in [5.74, 6) is 1.91. The van der Waals surface area contributed by atoms with Crippen molar-refractivity contribution in [2.45, 2.75) is 39.5 Å². The first-order valence-electron chi connectivity index (χ1n) is 7.03. The van der Waals surface area contributed by atoms with Gasteiger partial charge in [-0.3, -0.25) is 4.79 Å². The lowest BCUT2D eigenvalue weighted by Gasteiger charge is -2.30. The maximum atomic E-state index is 12.1. The van der Waals surface area contributed by atoms with Crippen LogP contribution in [-0.2, 0) is 0 Å². The maximum absolute atomic E-state index is 12.1. The average molecular weight is 300 g/mol. The number of rotatable bonds is 4. The van der Waals surface area contributed by atoms with Gasteiger partial charge in [-0.1, -0.05) is 12.8 Å². The van der Waals surface area contributed by atoms with E-state index in [-0.39, 0.29) is 5.91 Å². The van der Waals surface area contributed by atoms with Gasteiger partial charge in [0.1, 0.15) is 0 Å². The maximum Gasteiger partial charge on any atom is 0.261 e. The normalized spacial score (nSPS) is 23.3. The molecule has 0 aliphatic heterocycles. The highest BCUT2D eigenvalue weighted by atomic mass is 35.5. The SMILES string of the molecule is Cc1cc(C(=O)NCC2CCCCC2CCl)sc1C. The van der Waals surface area contributed by atoms with Gasteiger partial charge in [-0.25, -0.2) is 0 Å². The van der Waals surface area contributed by atoms with E-state index in [9.17, 15) is 4.79 Å². The van der Waals surface area contributed by atoms with E-state index in [2.05, 4.69) is 12.2 Å². The number of thiophene rings is 1. The molecule has 2 unspecified atom stereocenters. The molecular formula is C15H22ClNOS. The van der Waals surface area contributed by atoms with E-state index < -0.39 is 0 Å². The Hall–Kier alpha value is -0.540. The van der Waals surface area contributed by atoms with Crippen molar-refractivity contribution in [3.63, 3.8) is 0 Å². The van der Waals surface area contributed by atoms with Crippen molar-refractivity contribution in [2.75, 3.05) is 12.4 Å². The fourth-order valence-electron chi connectivity index (χ4n) is 2.75. The van der Waals surface area contributed by atoms with Crippen molar-refractivity contribution in [2.24, 2.45) is 11.8 Å². The molecule has 1 aromatic heterocycles. The van der Waals surface area contributed by atoms with Gasteiger partial charge in [-0.05, 0) is 50.2 Å². The summed E-state index contributed by atoms with van der Waals surface area (Å²) in [6.07, 6.45) is 4.96. The lowest BCUT2D eigenvalue weighted by molar-refractivity contribution is 0.0940. The molecule has 1 N–H and O–H groups in total. The summed E-state index contributed by atoms with van der Waals surface area (Å²) in [6.45, 7) is 4.88. The Kier molecular flexibility index (Phi) is 5.28. The van der Waals surface area contributed by atoms with Crippen LogP contribution in [0.1, 0.15) is 45.8 Å². The minimum atomic E-state index is 0.0695. The Bertz CT molecular complexity index is 424. The van der Waals surface area contributed by atoms with Gasteiger partial charge >= 0.3 is 0 Å². The second-order valence-electron chi connectivity index (χ2n) is 5.52. The molecule has 1 amide bonds. The molecule has 0 radical (unpaired) electrons. The van der Waals surface area contributed by atoms with Gasteiger partial charge in [0.25, 0.3) is 5.91 Å². The lowest BCUT2D eigenvalue weighted by Crippen LogP contribution is -2.34. The van der Waals surface area contributed by atoms with Gasteiger partial charge in [0.2, 0.25) is 0 Å². The minimum absolute atomic E-state index is 0.0695. The molecule has 1 saturated carbocycles. The number of aryl methyl sites for hydroxylation is 2.